The molecule has 1 N–H and O–H groups in total. The van der Waals surface area contributed by atoms with Gasteiger partial charge < -0.3 is 14.3 Å². The van der Waals surface area contributed by atoms with Gasteiger partial charge in [0.1, 0.15) is 11.3 Å². The SMILES string of the molecule is CCCn1ccc2oc(C)c(C(=O)NCc3c(C)cc(C)cc3C)c2c1=O. The molecule has 0 saturated heterocycles. The van der Waals surface area contributed by atoms with E-state index in [0.717, 1.165) is 23.1 Å². The number of nitrogens with zero attached hydrogens (tertiary/aromatic N) is 1. The Morgan fingerprint density at radius 2 is 1.81 bits per heavy atom. The number of nitrogens with one attached hydrogen (secondary N) is 1. The fraction of sp³-hybridized carbons (Fsp3) is 0.364. The molecule has 0 fully saturated rings. The number of carbonyl (C=O) groups excluding carboxylic acids is 1. The number of hydrogen-bond donors (Lipinski definition) is 1. The third kappa shape index (κ3) is 3.54. The molecule has 2 heterocycles. The van der Waals surface area contributed by atoms with Gasteiger partial charge in [0, 0.05) is 19.3 Å². The van der Waals surface area contributed by atoms with Gasteiger partial charge in [-0.2, -0.15) is 0 Å². The molecule has 0 aliphatic carbocycles. The Hall–Kier alpha value is -2.82. The highest BCUT2D eigenvalue weighted by Gasteiger charge is 2.22. The van der Waals surface area contributed by atoms with E-state index in [1.54, 1.807) is 23.8 Å². The van der Waals surface area contributed by atoms with Crippen molar-refractivity contribution in [3.8, 4) is 0 Å². The maximum atomic E-state index is 12.9. The van der Waals surface area contributed by atoms with Crippen LogP contribution in [0.4, 0.5) is 0 Å². The molecule has 3 aromatic rings. The fourth-order valence-corrected chi connectivity index (χ4v) is 3.70. The fourth-order valence-electron chi connectivity index (χ4n) is 3.70. The van der Waals surface area contributed by atoms with E-state index in [-0.39, 0.29) is 11.5 Å². The number of amides is 1. The van der Waals surface area contributed by atoms with Crippen molar-refractivity contribution < 1.29 is 9.21 Å². The summed E-state index contributed by atoms with van der Waals surface area (Å²) in [5, 5.41) is 3.33. The second-order valence-corrected chi connectivity index (χ2v) is 7.15. The minimum absolute atomic E-state index is 0.181. The smallest absolute Gasteiger partial charge is 0.262 e. The lowest BCUT2D eigenvalue weighted by Crippen LogP contribution is -2.26. The molecule has 27 heavy (non-hydrogen) atoms. The van der Waals surface area contributed by atoms with E-state index in [0.29, 0.717) is 35.4 Å². The average molecular weight is 366 g/mol. The third-order valence-electron chi connectivity index (χ3n) is 4.95. The van der Waals surface area contributed by atoms with E-state index in [2.05, 4.69) is 24.4 Å². The highest BCUT2D eigenvalue weighted by atomic mass is 16.3. The van der Waals surface area contributed by atoms with Crippen molar-refractivity contribution in [2.75, 3.05) is 0 Å². The van der Waals surface area contributed by atoms with Crippen molar-refractivity contribution >= 4 is 16.9 Å². The van der Waals surface area contributed by atoms with Crippen molar-refractivity contribution in [1.29, 1.82) is 0 Å². The van der Waals surface area contributed by atoms with Crippen LogP contribution in [-0.4, -0.2) is 10.5 Å². The minimum Gasteiger partial charge on any atom is -0.460 e. The van der Waals surface area contributed by atoms with Crippen LogP contribution in [0.2, 0.25) is 0 Å². The van der Waals surface area contributed by atoms with Crippen molar-refractivity contribution in [2.45, 2.75) is 54.1 Å². The number of aryl methyl sites for hydroxylation is 5. The maximum Gasteiger partial charge on any atom is 0.262 e. The molecule has 1 amide bonds. The van der Waals surface area contributed by atoms with Crippen LogP contribution >= 0.6 is 0 Å². The van der Waals surface area contributed by atoms with Crippen LogP contribution < -0.4 is 10.9 Å². The minimum atomic E-state index is -0.281. The molecular weight excluding hydrogens is 340 g/mol. The van der Waals surface area contributed by atoms with E-state index in [9.17, 15) is 9.59 Å². The quantitative estimate of drug-likeness (QED) is 0.737. The lowest BCUT2D eigenvalue weighted by Gasteiger charge is -2.12. The van der Waals surface area contributed by atoms with Gasteiger partial charge in [-0.15, -0.1) is 0 Å². The zero-order chi connectivity index (χ0) is 19.7. The van der Waals surface area contributed by atoms with Gasteiger partial charge in [-0.05, 0) is 56.9 Å². The molecule has 0 radical (unpaired) electrons. The lowest BCUT2D eigenvalue weighted by atomic mass is 9.99. The predicted octanol–water partition coefficient (Wildman–Crippen LogP) is 4.17. The molecule has 0 bridgehead atoms. The van der Waals surface area contributed by atoms with Crippen LogP contribution in [-0.2, 0) is 13.1 Å². The predicted molar refractivity (Wildman–Crippen MR) is 107 cm³/mol. The van der Waals surface area contributed by atoms with Crippen LogP contribution in [0.3, 0.4) is 0 Å². The highest BCUT2D eigenvalue weighted by Crippen LogP contribution is 2.23. The topological polar surface area (TPSA) is 64.2 Å². The Balaban J connectivity index is 1.96. The lowest BCUT2D eigenvalue weighted by molar-refractivity contribution is 0.0950. The molecule has 0 aliphatic rings. The molecule has 142 valence electrons. The van der Waals surface area contributed by atoms with Gasteiger partial charge in [0.05, 0.1) is 10.9 Å². The largest absolute Gasteiger partial charge is 0.460 e. The molecule has 0 unspecified atom stereocenters. The molecule has 0 saturated carbocycles. The average Bonchev–Trinajstić information content (AvgIpc) is 2.93. The van der Waals surface area contributed by atoms with Crippen LogP contribution in [0.1, 0.15) is 51.7 Å². The Morgan fingerprint density at radius 1 is 1.15 bits per heavy atom. The zero-order valence-electron chi connectivity index (χ0n) is 16.6. The third-order valence-corrected chi connectivity index (χ3v) is 4.95. The van der Waals surface area contributed by atoms with Gasteiger partial charge in [-0.3, -0.25) is 9.59 Å². The summed E-state index contributed by atoms with van der Waals surface area (Å²) in [6, 6.07) is 5.97. The Labute approximate surface area is 159 Å². The summed E-state index contributed by atoms with van der Waals surface area (Å²) >= 11 is 0. The van der Waals surface area contributed by atoms with Gasteiger partial charge in [0.2, 0.25) is 0 Å². The van der Waals surface area contributed by atoms with Gasteiger partial charge in [-0.1, -0.05) is 24.6 Å². The summed E-state index contributed by atoms with van der Waals surface area (Å²) in [5.74, 6) is 0.183. The first kappa shape index (κ1) is 19.0. The standard InChI is InChI=1S/C22H26N2O3/c1-6-8-24-9-7-18-20(22(24)26)19(16(5)27-18)21(25)23-12-17-14(3)10-13(2)11-15(17)4/h7,9-11H,6,8,12H2,1-5H3,(H,23,25). The zero-order valence-corrected chi connectivity index (χ0v) is 16.6. The number of furan rings is 1. The summed E-state index contributed by atoms with van der Waals surface area (Å²) in [6.45, 7) is 10.9. The van der Waals surface area contributed by atoms with Gasteiger partial charge in [0.15, 0.2) is 0 Å². The molecule has 1 aromatic carbocycles. The molecule has 2 aromatic heterocycles. The van der Waals surface area contributed by atoms with Crippen molar-refractivity contribution in [2.24, 2.45) is 0 Å². The van der Waals surface area contributed by atoms with E-state index >= 15 is 0 Å². The summed E-state index contributed by atoms with van der Waals surface area (Å²) in [4.78, 5) is 25.7. The maximum absolute atomic E-state index is 12.9. The molecule has 0 atom stereocenters. The Morgan fingerprint density at radius 3 is 2.44 bits per heavy atom. The molecule has 5 nitrogen and oxygen atoms in total. The number of rotatable bonds is 5. The number of carbonyl (C=O) groups is 1. The molecule has 3 rings (SSSR count). The molecule has 5 heteroatoms. The number of aromatic nitrogens is 1. The normalized spacial score (nSPS) is 11.1. The first-order valence-electron chi connectivity index (χ1n) is 9.31. The summed E-state index contributed by atoms with van der Waals surface area (Å²) in [6.07, 6.45) is 2.56. The van der Waals surface area contributed by atoms with E-state index < -0.39 is 0 Å². The number of pyridine rings is 1. The van der Waals surface area contributed by atoms with E-state index in [1.165, 1.54) is 5.56 Å². The Bertz CT molecular complexity index is 1050. The first-order valence-corrected chi connectivity index (χ1v) is 9.31. The van der Waals surface area contributed by atoms with Crippen LogP contribution in [0, 0.1) is 27.7 Å². The van der Waals surface area contributed by atoms with E-state index in [4.69, 9.17) is 4.42 Å². The van der Waals surface area contributed by atoms with E-state index in [1.807, 2.05) is 20.8 Å². The van der Waals surface area contributed by atoms with Crippen LogP contribution in [0.15, 0.2) is 33.6 Å². The van der Waals surface area contributed by atoms with Crippen LogP contribution in [0.25, 0.3) is 11.0 Å². The number of fused-ring (bicyclic) bond motifs is 1. The van der Waals surface area contributed by atoms with Crippen molar-refractivity contribution in [3.63, 3.8) is 0 Å². The van der Waals surface area contributed by atoms with Crippen molar-refractivity contribution in [1.82, 2.24) is 9.88 Å². The van der Waals surface area contributed by atoms with Crippen LogP contribution in [0.5, 0.6) is 0 Å². The number of benzene rings is 1. The number of hydrogen-bond acceptors (Lipinski definition) is 3. The summed E-state index contributed by atoms with van der Waals surface area (Å²) in [5.41, 5.74) is 5.20. The molecule has 0 aliphatic heterocycles. The van der Waals surface area contributed by atoms with Gasteiger partial charge >= 0.3 is 0 Å². The first-order chi connectivity index (χ1) is 12.8. The molecule has 0 spiro atoms. The van der Waals surface area contributed by atoms with Gasteiger partial charge in [-0.25, -0.2) is 0 Å². The summed E-state index contributed by atoms with van der Waals surface area (Å²) < 4.78 is 7.30. The second kappa shape index (κ2) is 7.43. The Kier molecular flexibility index (Phi) is 5.22. The highest BCUT2D eigenvalue weighted by molar-refractivity contribution is 6.06. The summed E-state index contributed by atoms with van der Waals surface area (Å²) in [7, 11) is 0. The monoisotopic (exact) mass is 366 g/mol. The molecular formula is C22H26N2O3. The second-order valence-electron chi connectivity index (χ2n) is 7.15. The van der Waals surface area contributed by atoms with Crippen molar-refractivity contribution in [3.05, 3.63) is 68.3 Å². The van der Waals surface area contributed by atoms with Gasteiger partial charge in [0.25, 0.3) is 11.5 Å².